The molecular formula is C17H33N5O. The first kappa shape index (κ1) is 23.4. The monoisotopic (exact) mass is 323 g/mol. The Bertz CT molecular complexity index is 501. The van der Waals surface area contributed by atoms with Crippen LogP contribution in [0.1, 0.15) is 54.0 Å². The van der Waals surface area contributed by atoms with Crippen molar-refractivity contribution in [1.29, 1.82) is 5.26 Å². The van der Waals surface area contributed by atoms with Gasteiger partial charge in [-0.3, -0.25) is 0 Å². The summed E-state index contributed by atoms with van der Waals surface area (Å²) < 4.78 is 1.84. The van der Waals surface area contributed by atoms with E-state index in [9.17, 15) is 4.79 Å². The molecule has 0 amide bonds. The summed E-state index contributed by atoms with van der Waals surface area (Å²) in [7, 11) is 0. The molecule has 4 N–H and O–H groups in total. The molecule has 0 bridgehead atoms. The van der Waals surface area contributed by atoms with Gasteiger partial charge >= 0.3 is 0 Å². The first-order valence-corrected chi connectivity index (χ1v) is 7.65. The predicted octanol–water partition coefficient (Wildman–Crippen LogP) is 2.86. The molecule has 0 aliphatic heterocycles. The molecule has 1 atom stereocenters. The fourth-order valence-electron chi connectivity index (χ4n) is 1.00. The lowest BCUT2D eigenvalue weighted by molar-refractivity contribution is -0.109. The molecule has 6 heteroatoms. The molecule has 0 aromatic carbocycles. The highest BCUT2D eigenvalue weighted by Crippen LogP contribution is 2.19. The third kappa shape index (κ3) is 11.4. The van der Waals surface area contributed by atoms with Gasteiger partial charge in [-0.15, -0.1) is 0 Å². The lowest BCUT2D eigenvalue weighted by Gasteiger charge is -2.20. The van der Waals surface area contributed by atoms with Crippen LogP contribution in [-0.4, -0.2) is 22.6 Å². The summed E-state index contributed by atoms with van der Waals surface area (Å²) >= 11 is 0. The molecule has 0 fully saturated rings. The van der Waals surface area contributed by atoms with Crippen molar-refractivity contribution in [3.8, 4) is 6.07 Å². The maximum absolute atomic E-state index is 9.51. The average molecular weight is 323 g/mol. The number of carbonyl (C=O) groups is 1. The highest BCUT2D eigenvalue weighted by Gasteiger charge is 2.16. The van der Waals surface area contributed by atoms with Crippen molar-refractivity contribution >= 4 is 12.1 Å². The van der Waals surface area contributed by atoms with Crippen molar-refractivity contribution in [2.24, 2.45) is 17.1 Å². The minimum absolute atomic E-state index is 0.0155. The smallest absolute Gasteiger partial charge is 0.136 e. The second-order valence-electron chi connectivity index (χ2n) is 7.61. The van der Waals surface area contributed by atoms with E-state index in [-0.39, 0.29) is 5.54 Å². The summed E-state index contributed by atoms with van der Waals surface area (Å²) in [5.74, 6) is 0.322. The number of aromatic nitrogens is 2. The number of aldehydes is 1. The maximum atomic E-state index is 9.51. The number of carbonyl (C=O) groups excluding carboxylic acids is 1. The molecule has 0 radical (unpaired) electrons. The zero-order valence-corrected chi connectivity index (χ0v) is 15.8. The summed E-state index contributed by atoms with van der Waals surface area (Å²) in [6.45, 7) is 16.9. The molecular weight excluding hydrogens is 290 g/mol. The van der Waals surface area contributed by atoms with E-state index in [1.165, 1.54) is 0 Å². The highest BCUT2D eigenvalue weighted by atomic mass is 16.1. The summed E-state index contributed by atoms with van der Waals surface area (Å²) in [5.41, 5.74) is 12.4. The molecule has 0 saturated carbocycles. The van der Waals surface area contributed by atoms with Crippen molar-refractivity contribution in [1.82, 2.24) is 9.78 Å². The topological polar surface area (TPSA) is 111 Å². The number of nitriles is 1. The number of aryl methyl sites for hydroxylation is 1. The van der Waals surface area contributed by atoms with Crippen molar-refractivity contribution in [2.45, 2.75) is 60.9 Å². The van der Waals surface area contributed by atoms with Gasteiger partial charge in [-0.05, 0) is 46.6 Å². The Kier molecular flexibility index (Phi) is 10.2. The predicted molar refractivity (Wildman–Crippen MR) is 95.7 cm³/mol. The molecule has 132 valence electrons. The number of hydrogen-bond acceptors (Lipinski definition) is 5. The van der Waals surface area contributed by atoms with E-state index < -0.39 is 5.92 Å². The van der Waals surface area contributed by atoms with Crippen LogP contribution >= 0.6 is 0 Å². The van der Waals surface area contributed by atoms with Gasteiger partial charge < -0.3 is 16.3 Å². The minimum atomic E-state index is -0.440. The van der Waals surface area contributed by atoms with Crippen LogP contribution < -0.4 is 11.5 Å². The van der Waals surface area contributed by atoms with Crippen LogP contribution in [0.5, 0.6) is 0 Å². The van der Waals surface area contributed by atoms with Gasteiger partial charge in [-0.25, -0.2) is 4.68 Å². The van der Waals surface area contributed by atoms with E-state index in [4.69, 9.17) is 16.7 Å². The average Bonchev–Trinajstić information content (AvgIpc) is 2.78. The summed E-state index contributed by atoms with van der Waals surface area (Å²) in [5, 5.41) is 12.0. The standard InChI is InChI=1S/C8H15N3.C5H13N.C4H5NO/c1-6-5-10-11(7(6)9)8(2,3)4;1-5(2,3)4-6;1-4(2-5)3-6/h5H,9H2,1-4H3;4,6H2,1-3H3;3-4H,1H3. The summed E-state index contributed by atoms with van der Waals surface area (Å²) in [6.07, 6.45) is 2.40. The number of hydrogen-bond donors (Lipinski definition) is 2. The zero-order valence-electron chi connectivity index (χ0n) is 15.8. The van der Waals surface area contributed by atoms with Gasteiger partial charge in [0.1, 0.15) is 12.1 Å². The fraction of sp³-hybridized carbons (Fsp3) is 0.706. The van der Waals surface area contributed by atoms with Gasteiger partial charge in [0, 0.05) is 5.56 Å². The second kappa shape index (κ2) is 10.0. The molecule has 1 heterocycles. The number of nitrogen functional groups attached to an aromatic ring is 1. The van der Waals surface area contributed by atoms with Gasteiger partial charge in [0.05, 0.1) is 23.7 Å². The zero-order chi connectivity index (χ0) is 18.8. The SMILES string of the molecule is CC(C#N)C=O.CC(C)(C)CN.Cc1cnn(C(C)(C)C)c1N. The van der Waals surface area contributed by atoms with Crippen LogP contribution in [-0.2, 0) is 10.3 Å². The van der Waals surface area contributed by atoms with Gasteiger partial charge in [-0.1, -0.05) is 20.8 Å². The Hall–Kier alpha value is -1.87. The van der Waals surface area contributed by atoms with Gasteiger partial charge in [0.15, 0.2) is 0 Å². The van der Waals surface area contributed by atoms with E-state index in [0.717, 1.165) is 17.9 Å². The van der Waals surface area contributed by atoms with Gasteiger partial charge in [-0.2, -0.15) is 10.4 Å². The highest BCUT2D eigenvalue weighted by molar-refractivity contribution is 5.56. The minimum Gasteiger partial charge on any atom is -0.384 e. The molecule has 6 nitrogen and oxygen atoms in total. The lowest BCUT2D eigenvalue weighted by atomic mass is 9.98. The van der Waals surface area contributed by atoms with E-state index in [1.807, 2.05) is 11.6 Å². The lowest BCUT2D eigenvalue weighted by Crippen LogP contribution is -2.24. The molecule has 0 spiro atoms. The molecule has 1 rings (SSSR count). The second-order valence-corrected chi connectivity index (χ2v) is 7.61. The molecule has 1 aromatic rings. The first-order chi connectivity index (χ1) is 10.3. The van der Waals surface area contributed by atoms with Crippen LogP contribution in [0.3, 0.4) is 0 Å². The number of nitrogens with zero attached hydrogens (tertiary/aromatic N) is 3. The van der Waals surface area contributed by atoms with Crippen molar-refractivity contribution in [2.75, 3.05) is 12.3 Å². The van der Waals surface area contributed by atoms with Crippen LogP contribution in [0, 0.1) is 29.6 Å². The summed E-state index contributed by atoms with van der Waals surface area (Å²) in [4.78, 5) is 9.51. The molecule has 0 saturated heterocycles. The van der Waals surface area contributed by atoms with E-state index in [2.05, 4.69) is 46.6 Å². The fourth-order valence-corrected chi connectivity index (χ4v) is 1.00. The van der Waals surface area contributed by atoms with Crippen LogP contribution in [0.4, 0.5) is 5.82 Å². The number of anilines is 1. The van der Waals surface area contributed by atoms with Gasteiger partial charge in [0.2, 0.25) is 0 Å². The van der Waals surface area contributed by atoms with Crippen LogP contribution in [0.2, 0.25) is 0 Å². The van der Waals surface area contributed by atoms with Crippen molar-refractivity contribution in [3.63, 3.8) is 0 Å². The third-order valence-electron chi connectivity index (χ3n) is 2.65. The van der Waals surface area contributed by atoms with Crippen molar-refractivity contribution in [3.05, 3.63) is 11.8 Å². The van der Waals surface area contributed by atoms with Crippen molar-refractivity contribution < 1.29 is 4.79 Å². The molecule has 23 heavy (non-hydrogen) atoms. The molecule has 0 aliphatic rings. The van der Waals surface area contributed by atoms with E-state index in [1.54, 1.807) is 19.2 Å². The Morgan fingerprint density at radius 1 is 1.35 bits per heavy atom. The molecule has 1 aromatic heterocycles. The maximum Gasteiger partial charge on any atom is 0.136 e. The number of rotatable bonds is 1. The largest absolute Gasteiger partial charge is 0.384 e. The van der Waals surface area contributed by atoms with Gasteiger partial charge in [0.25, 0.3) is 0 Å². The van der Waals surface area contributed by atoms with E-state index >= 15 is 0 Å². The van der Waals surface area contributed by atoms with Crippen LogP contribution in [0.25, 0.3) is 0 Å². The molecule has 1 unspecified atom stereocenters. The van der Waals surface area contributed by atoms with E-state index in [0.29, 0.717) is 11.7 Å². The Balaban J connectivity index is 0. The molecule has 0 aliphatic carbocycles. The Labute approximate surface area is 140 Å². The normalized spacial score (nSPS) is 12.0. The Morgan fingerprint density at radius 2 is 1.78 bits per heavy atom. The quantitative estimate of drug-likeness (QED) is 0.772. The summed E-state index contributed by atoms with van der Waals surface area (Å²) in [6, 6.07) is 1.75. The Morgan fingerprint density at radius 3 is 1.87 bits per heavy atom. The van der Waals surface area contributed by atoms with Crippen LogP contribution in [0.15, 0.2) is 6.20 Å². The third-order valence-corrected chi connectivity index (χ3v) is 2.65. The number of nitrogens with two attached hydrogens (primary N) is 2. The first-order valence-electron chi connectivity index (χ1n) is 7.65.